The second kappa shape index (κ2) is 5.78. The summed E-state index contributed by atoms with van der Waals surface area (Å²) in [6.07, 6.45) is 3.08. The summed E-state index contributed by atoms with van der Waals surface area (Å²) in [6, 6.07) is 0. The highest BCUT2D eigenvalue weighted by Crippen LogP contribution is 2.51. The Kier molecular flexibility index (Phi) is 4.32. The van der Waals surface area contributed by atoms with Gasteiger partial charge in [0.2, 0.25) is 0 Å². The second-order valence-corrected chi connectivity index (χ2v) is 7.27. The lowest BCUT2D eigenvalue weighted by Crippen LogP contribution is -2.69. The van der Waals surface area contributed by atoms with Gasteiger partial charge in [-0.3, -0.25) is 0 Å². The van der Waals surface area contributed by atoms with Crippen LogP contribution >= 0.6 is 0 Å². The molecule has 1 aliphatic carbocycles. The molecule has 4 fully saturated rings. The predicted molar refractivity (Wildman–Crippen MR) is 77.2 cm³/mol. The molecule has 0 aromatic rings. The second-order valence-electron chi connectivity index (χ2n) is 7.27. The average molecular weight is 300 g/mol. The van der Waals surface area contributed by atoms with Gasteiger partial charge < -0.3 is 24.1 Å². The minimum Gasteiger partial charge on any atom is -0.396 e. The number of hydrogen-bond donors (Lipinski definition) is 1. The Balaban J connectivity index is 1.67. The minimum atomic E-state index is -0.414. The molecule has 5 nitrogen and oxygen atoms in total. The number of fused-ring (bicyclic) bond motifs is 3. The first-order chi connectivity index (χ1) is 9.95. The van der Waals surface area contributed by atoms with Crippen LogP contribution in [0.25, 0.3) is 0 Å². The number of aliphatic hydroxyl groups excluding tert-OH is 1. The van der Waals surface area contributed by atoms with Crippen LogP contribution in [-0.2, 0) is 18.9 Å². The van der Waals surface area contributed by atoms with E-state index >= 15 is 0 Å². The average Bonchev–Trinajstić information content (AvgIpc) is 3.21. The zero-order valence-corrected chi connectivity index (χ0v) is 13.3. The maximum absolute atomic E-state index is 8.93. The van der Waals surface area contributed by atoms with Crippen LogP contribution in [0.4, 0.5) is 0 Å². The van der Waals surface area contributed by atoms with Gasteiger partial charge in [0.05, 0.1) is 31.0 Å². The lowest BCUT2D eigenvalue weighted by molar-refractivity contribution is -0.325. The van der Waals surface area contributed by atoms with E-state index in [-0.39, 0.29) is 30.5 Å². The lowest BCUT2D eigenvalue weighted by Gasteiger charge is -2.60. The van der Waals surface area contributed by atoms with E-state index in [9.17, 15) is 0 Å². The molecule has 5 unspecified atom stereocenters. The number of rotatable bonds is 7. The van der Waals surface area contributed by atoms with E-state index in [0.717, 1.165) is 19.4 Å². The van der Waals surface area contributed by atoms with E-state index < -0.39 is 5.60 Å². The normalized spacial score (nSPS) is 44.0. The standard InChI is InChI=1S/C16H28O5/c1-15(2)11-7-13(18-6-4-5-17)16(3,21-15)14(8-11)20-10-12-9-19-12/h11-14,17H,4-10H2,1-3H3. The van der Waals surface area contributed by atoms with Gasteiger partial charge in [0.1, 0.15) is 11.7 Å². The summed E-state index contributed by atoms with van der Waals surface area (Å²) in [5.74, 6) is 0.448. The van der Waals surface area contributed by atoms with Gasteiger partial charge in [-0.05, 0) is 46.0 Å². The van der Waals surface area contributed by atoms with E-state index in [1.165, 1.54) is 0 Å². The van der Waals surface area contributed by atoms with Crippen LogP contribution in [0, 0.1) is 5.92 Å². The molecule has 5 atom stereocenters. The van der Waals surface area contributed by atoms with Crippen LogP contribution in [0.2, 0.25) is 0 Å². The Morgan fingerprint density at radius 2 is 1.81 bits per heavy atom. The van der Waals surface area contributed by atoms with Gasteiger partial charge in [-0.1, -0.05) is 0 Å². The number of hydrogen-bond acceptors (Lipinski definition) is 5. The molecule has 4 aliphatic rings. The quantitative estimate of drug-likeness (QED) is 0.570. The van der Waals surface area contributed by atoms with Gasteiger partial charge in [-0.25, -0.2) is 0 Å². The Bertz CT molecular complexity index is 368. The topological polar surface area (TPSA) is 60.5 Å². The summed E-state index contributed by atoms with van der Waals surface area (Å²) >= 11 is 0. The Labute approximate surface area is 126 Å². The molecule has 4 rings (SSSR count). The first kappa shape index (κ1) is 15.7. The fraction of sp³-hybridized carbons (Fsp3) is 1.00. The van der Waals surface area contributed by atoms with Gasteiger partial charge in [0.15, 0.2) is 0 Å². The molecule has 1 N–H and O–H groups in total. The third-order valence-corrected chi connectivity index (χ3v) is 5.25. The number of epoxide rings is 1. The highest BCUT2D eigenvalue weighted by Gasteiger charge is 2.60. The molecule has 2 bridgehead atoms. The van der Waals surface area contributed by atoms with E-state index in [4.69, 9.17) is 24.1 Å². The minimum absolute atomic E-state index is 0.0425. The lowest BCUT2D eigenvalue weighted by atomic mass is 9.65. The van der Waals surface area contributed by atoms with Crippen molar-refractivity contribution in [3.05, 3.63) is 0 Å². The van der Waals surface area contributed by atoms with Crippen molar-refractivity contribution in [1.82, 2.24) is 0 Å². The van der Waals surface area contributed by atoms with Crippen molar-refractivity contribution in [3.8, 4) is 0 Å². The Morgan fingerprint density at radius 1 is 1.14 bits per heavy atom. The molecular weight excluding hydrogens is 272 g/mol. The van der Waals surface area contributed by atoms with Crippen LogP contribution < -0.4 is 0 Å². The number of ether oxygens (including phenoxy) is 4. The maximum Gasteiger partial charge on any atom is 0.118 e. The summed E-state index contributed by atoms with van der Waals surface area (Å²) in [4.78, 5) is 0. The molecule has 5 heteroatoms. The summed E-state index contributed by atoms with van der Waals surface area (Å²) in [5.41, 5.74) is -0.538. The maximum atomic E-state index is 8.93. The molecule has 3 heterocycles. The molecule has 21 heavy (non-hydrogen) atoms. The zero-order chi connectivity index (χ0) is 15.1. The van der Waals surface area contributed by atoms with E-state index in [1.807, 2.05) is 0 Å². The van der Waals surface area contributed by atoms with Gasteiger partial charge >= 0.3 is 0 Å². The van der Waals surface area contributed by atoms with E-state index in [2.05, 4.69) is 20.8 Å². The van der Waals surface area contributed by atoms with Gasteiger partial charge in [-0.2, -0.15) is 0 Å². The highest BCUT2D eigenvalue weighted by molar-refractivity contribution is 5.09. The van der Waals surface area contributed by atoms with Gasteiger partial charge in [0.25, 0.3) is 0 Å². The van der Waals surface area contributed by atoms with Crippen LogP contribution in [-0.4, -0.2) is 61.0 Å². The highest BCUT2D eigenvalue weighted by atomic mass is 16.6. The summed E-state index contributed by atoms with van der Waals surface area (Å²) in [5, 5.41) is 8.93. The van der Waals surface area contributed by atoms with Crippen molar-refractivity contribution < 1.29 is 24.1 Å². The first-order valence-electron chi connectivity index (χ1n) is 8.11. The molecule has 0 aromatic carbocycles. The molecular formula is C16H28O5. The monoisotopic (exact) mass is 300 g/mol. The third kappa shape index (κ3) is 3.13. The fourth-order valence-electron chi connectivity index (χ4n) is 3.78. The van der Waals surface area contributed by atoms with E-state index in [0.29, 0.717) is 25.6 Å². The molecule has 1 saturated carbocycles. The number of aliphatic hydroxyl groups is 1. The first-order valence-corrected chi connectivity index (χ1v) is 8.11. The van der Waals surface area contributed by atoms with Crippen molar-refractivity contribution >= 4 is 0 Å². The summed E-state index contributed by atoms with van der Waals surface area (Å²) in [7, 11) is 0. The van der Waals surface area contributed by atoms with E-state index in [1.54, 1.807) is 0 Å². The molecule has 3 saturated heterocycles. The van der Waals surface area contributed by atoms with Crippen molar-refractivity contribution in [1.29, 1.82) is 0 Å². The summed E-state index contributed by atoms with van der Waals surface area (Å²) in [6.45, 7) is 8.66. The molecule has 0 spiro atoms. The SMILES string of the molecule is CC1(C)OC2(C)C(OCCCO)CC1CC2OCC1CO1. The van der Waals surface area contributed by atoms with Gasteiger partial charge in [0, 0.05) is 13.2 Å². The fourth-order valence-corrected chi connectivity index (χ4v) is 3.78. The van der Waals surface area contributed by atoms with Crippen LogP contribution in [0.15, 0.2) is 0 Å². The zero-order valence-electron chi connectivity index (χ0n) is 13.3. The van der Waals surface area contributed by atoms with Crippen LogP contribution in [0.1, 0.15) is 40.0 Å². The predicted octanol–water partition coefficient (Wildman–Crippen LogP) is 1.52. The van der Waals surface area contributed by atoms with Crippen molar-refractivity contribution in [2.75, 3.05) is 26.4 Å². The molecule has 3 aliphatic heterocycles. The van der Waals surface area contributed by atoms with Crippen molar-refractivity contribution in [2.24, 2.45) is 5.92 Å². The Hall–Kier alpha value is -0.200. The molecule has 122 valence electrons. The smallest absolute Gasteiger partial charge is 0.118 e. The van der Waals surface area contributed by atoms with Crippen LogP contribution in [0.3, 0.4) is 0 Å². The molecule has 0 amide bonds. The Morgan fingerprint density at radius 3 is 2.43 bits per heavy atom. The third-order valence-electron chi connectivity index (χ3n) is 5.25. The van der Waals surface area contributed by atoms with Crippen molar-refractivity contribution in [3.63, 3.8) is 0 Å². The molecule has 0 radical (unpaired) electrons. The largest absolute Gasteiger partial charge is 0.396 e. The molecule has 0 aromatic heterocycles. The van der Waals surface area contributed by atoms with Crippen LogP contribution in [0.5, 0.6) is 0 Å². The van der Waals surface area contributed by atoms with Crippen molar-refractivity contribution in [2.45, 2.75) is 69.5 Å². The summed E-state index contributed by atoms with van der Waals surface area (Å²) < 4.78 is 23.8. The van der Waals surface area contributed by atoms with Gasteiger partial charge in [-0.15, -0.1) is 0 Å².